The molecule has 3 rings (SSSR count). The number of hydrazone groups is 1. The number of anilines is 1. The largest absolute Gasteiger partial charge is 0.370 e. The van der Waals surface area contributed by atoms with Gasteiger partial charge in [0.1, 0.15) is 18.8 Å². The number of benzene rings is 2. The molecule has 26 heavy (non-hydrogen) atoms. The van der Waals surface area contributed by atoms with Gasteiger partial charge in [-0.2, -0.15) is 5.10 Å². The van der Waals surface area contributed by atoms with Crippen LogP contribution in [0.3, 0.4) is 0 Å². The van der Waals surface area contributed by atoms with Crippen LogP contribution in [0.5, 0.6) is 0 Å². The number of ether oxygens (including phenoxy) is 1. The summed E-state index contributed by atoms with van der Waals surface area (Å²) < 4.78 is 5.49. The highest BCUT2D eigenvalue weighted by Gasteiger charge is 2.29. The highest BCUT2D eigenvalue weighted by atomic mass is 16.6. The Morgan fingerprint density at radius 1 is 1.15 bits per heavy atom. The van der Waals surface area contributed by atoms with Crippen molar-refractivity contribution in [3.63, 3.8) is 0 Å². The van der Waals surface area contributed by atoms with Crippen molar-refractivity contribution in [2.45, 2.75) is 13.0 Å². The lowest BCUT2D eigenvalue weighted by molar-refractivity contribution is -0.928. The first-order valence-corrected chi connectivity index (χ1v) is 8.67. The predicted octanol–water partition coefficient (Wildman–Crippen LogP) is 2.04. The number of nitro groups is 1. The van der Waals surface area contributed by atoms with E-state index in [1.807, 2.05) is 25.1 Å². The Morgan fingerprint density at radius 2 is 1.81 bits per heavy atom. The van der Waals surface area contributed by atoms with Crippen LogP contribution >= 0.6 is 0 Å². The molecule has 136 valence electrons. The third-order valence-corrected chi connectivity index (χ3v) is 4.55. The molecule has 0 amide bonds. The van der Waals surface area contributed by atoms with Crippen molar-refractivity contribution in [3.8, 4) is 0 Å². The third-order valence-electron chi connectivity index (χ3n) is 4.55. The molecule has 1 fully saturated rings. The fourth-order valence-corrected chi connectivity index (χ4v) is 3.28. The van der Waals surface area contributed by atoms with E-state index < -0.39 is 4.92 Å². The molecule has 2 N–H and O–H groups in total. The minimum absolute atomic E-state index is 0.0130. The number of hydrogen-bond acceptors (Lipinski definition) is 5. The van der Waals surface area contributed by atoms with Crippen LogP contribution in [0.15, 0.2) is 59.7 Å². The van der Waals surface area contributed by atoms with Gasteiger partial charge in [0.2, 0.25) is 0 Å². The Hall–Kier alpha value is -2.77. The van der Waals surface area contributed by atoms with Crippen LogP contribution in [0.1, 0.15) is 18.5 Å². The molecular formula is C19H23N4O3+. The quantitative estimate of drug-likeness (QED) is 0.472. The van der Waals surface area contributed by atoms with Crippen molar-refractivity contribution in [2.24, 2.45) is 5.10 Å². The van der Waals surface area contributed by atoms with Gasteiger partial charge in [-0.3, -0.25) is 15.5 Å². The topological polar surface area (TPSA) is 81.2 Å². The predicted molar refractivity (Wildman–Crippen MR) is 101 cm³/mol. The Balaban J connectivity index is 1.86. The molecule has 1 heterocycles. The van der Waals surface area contributed by atoms with Gasteiger partial charge in [-0.15, -0.1) is 0 Å². The summed E-state index contributed by atoms with van der Waals surface area (Å²) in [5.41, 5.74) is 5.34. The first-order chi connectivity index (χ1) is 12.7. The Kier molecular flexibility index (Phi) is 5.93. The van der Waals surface area contributed by atoms with Gasteiger partial charge in [0.15, 0.2) is 6.04 Å². The molecule has 0 radical (unpaired) electrons. The molecule has 1 aliphatic rings. The van der Waals surface area contributed by atoms with E-state index in [9.17, 15) is 10.1 Å². The number of para-hydroxylation sites is 2. The number of morpholine rings is 1. The highest BCUT2D eigenvalue weighted by Crippen LogP contribution is 2.23. The van der Waals surface area contributed by atoms with Crippen molar-refractivity contribution < 1.29 is 14.6 Å². The smallest absolute Gasteiger partial charge is 0.294 e. The minimum atomic E-state index is -0.408. The fraction of sp³-hybridized carbons (Fsp3) is 0.316. The minimum Gasteiger partial charge on any atom is -0.370 e. The zero-order valence-corrected chi connectivity index (χ0v) is 14.7. The van der Waals surface area contributed by atoms with Crippen LogP contribution in [0.2, 0.25) is 0 Å². The second kappa shape index (κ2) is 8.55. The summed E-state index contributed by atoms with van der Waals surface area (Å²) in [6.07, 6.45) is 0. The molecule has 0 unspecified atom stereocenters. The molecule has 7 nitrogen and oxygen atoms in total. The Bertz CT molecular complexity index is 773. The molecule has 0 spiro atoms. The van der Waals surface area contributed by atoms with Gasteiger partial charge in [0.25, 0.3) is 5.69 Å². The molecule has 1 atom stereocenters. The molecule has 7 heteroatoms. The zero-order chi connectivity index (χ0) is 18.4. The van der Waals surface area contributed by atoms with Crippen molar-refractivity contribution in [1.29, 1.82) is 0 Å². The van der Waals surface area contributed by atoms with Crippen LogP contribution in [0.4, 0.5) is 11.4 Å². The summed E-state index contributed by atoms with van der Waals surface area (Å²) >= 11 is 0. The lowest BCUT2D eigenvalue weighted by atomic mass is 10.0. The van der Waals surface area contributed by atoms with E-state index >= 15 is 0 Å². The second-order valence-electron chi connectivity index (χ2n) is 6.25. The molecule has 2 aromatic rings. The number of hydrogen-bond donors (Lipinski definition) is 2. The van der Waals surface area contributed by atoms with Crippen molar-refractivity contribution in [3.05, 3.63) is 70.3 Å². The number of nitro benzene ring substituents is 1. The Morgan fingerprint density at radius 3 is 2.50 bits per heavy atom. The van der Waals surface area contributed by atoms with E-state index in [0.29, 0.717) is 5.69 Å². The summed E-state index contributed by atoms with van der Waals surface area (Å²) in [4.78, 5) is 12.1. The second-order valence-corrected chi connectivity index (χ2v) is 6.25. The van der Waals surface area contributed by atoms with Gasteiger partial charge in [-0.25, -0.2) is 0 Å². The van der Waals surface area contributed by atoms with Crippen LogP contribution in [0.25, 0.3) is 0 Å². The van der Waals surface area contributed by atoms with Gasteiger partial charge in [-0.05, 0) is 13.0 Å². The van der Waals surface area contributed by atoms with Gasteiger partial charge in [-0.1, -0.05) is 42.5 Å². The van der Waals surface area contributed by atoms with E-state index in [4.69, 9.17) is 4.74 Å². The maximum Gasteiger partial charge on any atom is 0.294 e. The maximum atomic E-state index is 11.2. The summed E-state index contributed by atoms with van der Waals surface area (Å²) in [5.74, 6) is 0. The lowest BCUT2D eigenvalue weighted by Gasteiger charge is -2.31. The number of nitrogens with zero attached hydrogens (tertiary/aromatic N) is 2. The van der Waals surface area contributed by atoms with Crippen molar-refractivity contribution in [1.82, 2.24) is 0 Å². The van der Waals surface area contributed by atoms with Crippen molar-refractivity contribution >= 4 is 17.1 Å². The average molecular weight is 355 g/mol. The van der Waals surface area contributed by atoms with Gasteiger partial charge >= 0.3 is 0 Å². The summed E-state index contributed by atoms with van der Waals surface area (Å²) in [6.45, 7) is 5.21. The maximum absolute atomic E-state index is 11.2. The molecule has 0 bridgehead atoms. The van der Waals surface area contributed by atoms with Crippen LogP contribution in [-0.4, -0.2) is 36.9 Å². The first kappa shape index (κ1) is 18.0. The average Bonchev–Trinajstić information content (AvgIpc) is 2.68. The normalized spacial score (nSPS) is 16.9. The lowest BCUT2D eigenvalue weighted by Crippen LogP contribution is -3.15. The highest BCUT2D eigenvalue weighted by molar-refractivity contribution is 5.88. The molecule has 2 aromatic carbocycles. The molecule has 1 saturated heterocycles. The van der Waals surface area contributed by atoms with Crippen molar-refractivity contribution in [2.75, 3.05) is 31.7 Å². The monoisotopic (exact) mass is 355 g/mol. The Labute approximate surface area is 152 Å². The van der Waals surface area contributed by atoms with E-state index in [1.54, 1.807) is 18.2 Å². The number of rotatable bonds is 6. The number of nitrogens with one attached hydrogen (secondary N) is 2. The standard InChI is InChI=1S/C19H22N4O3/c1-15(20-21-17-9-5-6-10-18(17)23(24)25)19(16-7-3-2-4-8-16)22-11-13-26-14-12-22/h2-10,19,21H,11-14H2,1H3/p+1/b20-15-/t19-/m0/s1. The molecule has 1 aliphatic heterocycles. The van der Waals surface area contributed by atoms with E-state index in [0.717, 1.165) is 32.0 Å². The third kappa shape index (κ3) is 4.25. The molecule has 0 aromatic heterocycles. The van der Waals surface area contributed by atoms with Gasteiger partial charge in [0, 0.05) is 11.6 Å². The van der Waals surface area contributed by atoms with Gasteiger partial charge < -0.3 is 9.64 Å². The summed E-state index contributed by atoms with van der Waals surface area (Å²) in [6, 6.07) is 16.8. The van der Waals surface area contributed by atoms with Crippen LogP contribution < -0.4 is 10.3 Å². The SMILES string of the molecule is C/C(=N/Nc1ccccc1[N+](=O)[O-])[C@@H](c1ccccc1)[NH+]1CCOCC1. The van der Waals surface area contributed by atoms with E-state index in [-0.39, 0.29) is 11.7 Å². The van der Waals surface area contributed by atoms with Crippen LogP contribution in [0, 0.1) is 10.1 Å². The summed E-state index contributed by atoms with van der Waals surface area (Å²) in [7, 11) is 0. The molecule has 0 aliphatic carbocycles. The van der Waals surface area contributed by atoms with E-state index in [1.165, 1.54) is 16.5 Å². The zero-order valence-electron chi connectivity index (χ0n) is 14.7. The number of quaternary nitrogens is 1. The molecule has 0 saturated carbocycles. The van der Waals surface area contributed by atoms with Crippen LogP contribution in [-0.2, 0) is 4.74 Å². The van der Waals surface area contributed by atoms with Gasteiger partial charge in [0.05, 0.1) is 23.8 Å². The first-order valence-electron chi connectivity index (χ1n) is 8.67. The van der Waals surface area contributed by atoms with E-state index in [2.05, 4.69) is 22.7 Å². The fourth-order valence-electron chi connectivity index (χ4n) is 3.28. The summed E-state index contributed by atoms with van der Waals surface area (Å²) in [5, 5.41) is 15.7. The molecular weight excluding hydrogens is 332 g/mol.